The van der Waals surface area contributed by atoms with Gasteiger partial charge in [0.1, 0.15) is 0 Å². The van der Waals surface area contributed by atoms with Crippen molar-refractivity contribution in [2.45, 2.75) is 17.7 Å². The highest BCUT2D eigenvalue weighted by Crippen LogP contribution is 2.18. The van der Waals surface area contributed by atoms with Gasteiger partial charge in [0.25, 0.3) is 0 Å². The van der Waals surface area contributed by atoms with Crippen molar-refractivity contribution >= 4 is 9.84 Å². The molecule has 1 atom stereocenters. The van der Waals surface area contributed by atoms with Gasteiger partial charge in [0.2, 0.25) is 0 Å². The highest BCUT2D eigenvalue weighted by Gasteiger charge is 2.10. The monoisotopic (exact) mass is 209 g/mol. The Morgan fingerprint density at radius 3 is 2.57 bits per heavy atom. The molecule has 1 aromatic rings. The van der Waals surface area contributed by atoms with Gasteiger partial charge in [-0.25, -0.2) is 8.42 Å². The average Bonchev–Trinajstić information content (AvgIpc) is 2.15. The van der Waals surface area contributed by atoms with Crippen LogP contribution < -0.4 is 0 Å². The van der Waals surface area contributed by atoms with Crippen LogP contribution in [0.25, 0.3) is 0 Å². The fourth-order valence-electron chi connectivity index (χ4n) is 1.09. The molecule has 14 heavy (non-hydrogen) atoms. The third kappa shape index (κ3) is 2.33. The quantitative estimate of drug-likeness (QED) is 0.745. The summed E-state index contributed by atoms with van der Waals surface area (Å²) in [5.74, 6) is -0.281. The van der Waals surface area contributed by atoms with Gasteiger partial charge in [-0.15, -0.1) is 0 Å². The first-order chi connectivity index (χ1) is 6.45. The molecule has 0 fully saturated rings. The molecule has 0 radical (unpaired) electrons. The molecule has 0 amide bonds. The van der Waals surface area contributed by atoms with E-state index in [1.54, 1.807) is 25.1 Å². The van der Waals surface area contributed by atoms with Gasteiger partial charge in [-0.2, -0.15) is 5.26 Å². The molecule has 0 aliphatic carbocycles. The molecule has 1 aromatic carbocycles. The molecule has 0 saturated heterocycles. The third-order valence-electron chi connectivity index (χ3n) is 1.98. The van der Waals surface area contributed by atoms with E-state index in [9.17, 15) is 8.42 Å². The van der Waals surface area contributed by atoms with Gasteiger partial charge in [-0.3, -0.25) is 0 Å². The molecule has 0 saturated carbocycles. The van der Waals surface area contributed by atoms with Crippen LogP contribution in [-0.2, 0) is 9.84 Å². The lowest BCUT2D eigenvalue weighted by atomic mass is 10.0. The molecule has 1 unspecified atom stereocenters. The van der Waals surface area contributed by atoms with Crippen molar-refractivity contribution in [3.8, 4) is 6.07 Å². The lowest BCUT2D eigenvalue weighted by molar-refractivity contribution is 0.601. The number of hydrogen-bond acceptors (Lipinski definition) is 3. The Balaban J connectivity index is 3.22. The molecular weight excluding hydrogens is 198 g/mol. The van der Waals surface area contributed by atoms with Crippen molar-refractivity contribution < 1.29 is 8.42 Å². The minimum Gasteiger partial charge on any atom is -0.224 e. The maximum absolute atomic E-state index is 11.2. The zero-order valence-electron chi connectivity index (χ0n) is 8.06. The fourth-order valence-corrected chi connectivity index (χ4v) is 1.76. The molecule has 1 rings (SSSR count). The van der Waals surface area contributed by atoms with Gasteiger partial charge in [-0.1, -0.05) is 12.1 Å². The largest absolute Gasteiger partial charge is 0.224 e. The minimum absolute atomic E-state index is 0.261. The predicted molar refractivity (Wildman–Crippen MR) is 53.6 cm³/mol. The van der Waals surface area contributed by atoms with Crippen LogP contribution in [0.4, 0.5) is 0 Å². The van der Waals surface area contributed by atoms with Crippen molar-refractivity contribution in [3.05, 3.63) is 29.8 Å². The maximum Gasteiger partial charge on any atom is 0.175 e. The van der Waals surface area contributed by atoms with E-state index in [-0.39, 0.29) is 10.8 Å². The molecular formula is C10H11NO2S. The molecule has 4 heteroatoms. The molecule has 0 heterocycles. The van der Waals surface area contributed by atoms with Gasteiger partial charge in [0.15, 0.2) is 9.84 Å². The maximum atomic E-state index is 11.2. The summed E-state index contributed by atoms with van der Waals surface area (Å²) in [6.45, 7) is 1.74. The standard InChI is InChI=1S/C10H11NO2S/c1-8(7-11)9-4-3-5-10(6-9)14(2,12)13/h3-6,8H,1-2H3. The summed E-state index contributed by atoms with van der Waals surface area (Å²) in [6, 6.07) is 8.55. The van der Waals surface area contributed by atoms with E-state index in [4.69, 9.17) is 5.26 Å². The predicted octanol–water partition coefficient (Wildman–Crippen LogP) is 1.72. The first kappa shape index (κ1) is 10.7. The molecule has 3 nitrogen and oxygen atoms in total. The highest BCUT2D eigenvalue weighted by atomic mass is 32.2. The zero-order valence-corrected chi connectivity index (χ0v) is 8.88. The van der Waals surface area contributed by atoms with Crippen LogP contribution in [-0.4, -0.2) is 14.7 Å². The highest BCUT2D eigenvalue weighted by molar-refractivity contribution is 7.90. The molecule has 74 valence electrons. The van der Waals surface area contributed by atoms with Crippen molar-refractivity contribution in [2.75, 3.05) is 6.26 Å². The topological polar surface area (TPSA) is 57.9 Å². The summed E-state index contributed by atoms with van der Waals surface area (Å²) in [7, 11) is -3.18. The molecule has 0 spiro atoms. The Morgan fingerprint density at radius 1 is 1.43 bits per heavy atom. The van der Waals surface area contributed by atoms with E-state index in [0.29, 0.717) is 0 Å². The number of hydrogen-bond donors (Lipinski definition) is 0. The van der Waals surface area contributed by atoms with E-state index in [1.165, 1.54) is 6.07 Å². The smallest absolute Gasteiger partial charge is 0.175 e. The second-order valence-electron chi connectivity index (χ2n) is 3.20. The van der Waals surface area contributed by atoms with Crippen LogP contribution in [0.5, 0.6) is 0 Å². The van der Waals surface area contributed by atoms with Crippen LogP contribution in [0, 0.1) is 11.3 Å². The van der Waals surface area contributed by atoms with E-state index in [1.807, 2.05) is 0 Å². The summed E-state index contributed by atoms with van der Waals surface area (Å²) < 4.78 is 22.4. The van der Waals surface area contributed by atoms with Crippen LogP contribution >= 0.6 is 0 Å². The first-order valence-corrected chi connectivity index (χ1v) is 6.04. The fraction of sp³-hybridized carbons (Fsp3) is 0.300. The van der Waals surface area contributed by atoms with Gasteiger partial charge in [0.05, 0.1) is 16.9 Å². The summed E-state index contributed by atoms with van der Waals surface area (Å²) >= 11 is 0. The third-order valence-corrected chi connectivity index (χ3v) is 3.09. The molecule has 0 bridgehead atoms. The van der Waals surface area contributed by atoms with E-state index in [2.05, 4.69) is 6.07 Å². The Kier molecular flexibility index (Phi) is 2.92. The SMILES string of the molecule is CC(C#N)c1cccc(S(C)(=O)=O)c1. The van der Waals surface area contributed by atoms with Crippen molar-refractivity contribution in [2.24, 2.45) is 0 Å². The lowest BCUT2D eigenvalue weighted by Crippen LogP contribution is -1.99. The molecule has 0 aliphatic rings. The second kappa shape index (κ2) is 3.81. The Morgan fingerprint density at radius 2 is 2.07 bits per heavy atom. The van der Waals surface area contributed by atoms with E-state index < -0.39 is 9.84 Å². The van der Waals surface area contributed by atoms with Crippen LogP contribution in [0.3, 0.4) is 0 Å². The summed E-state index contributed by atoms with van der Waals surface area (Å²) in [5, 5.41) is 8.68. The van der Waals surface area contributed by atoms with E-state index >= 15 is 0 Å². The van der Waals surface area contributed by atoms with Crippen molar-refractivity contribution in [1.29, 1.82) is 5.26 Å². The van der Waals surface area contributed by atoms with Crippen LogP contribution in [0.15, 0.2) is 29.2 Å². The van der Waals surface area contributed by atoms with Gasteiger partial charge >= 0.3 is 0 Å². The lowest BCUT2D eigenvalue weighted by Gasteiger charge is -2.04. The van der Waals surface area contributed by atoms with Crippen LogP contribution in [0.2, 0.25) is 0 Å². The van der Waals surface area contributed by atoms with Gasteiger partial charge in [0, 0.05) is 6.26 Å². The van der Waals surface area contributed by atoms with Crippen LogP contribution in [0.1, 0.15) is 18.4 Å². The van der Waals surface area contributed by atoms with Gasteiger partial charge < -0.3 is 0 Å². The molecule has 0 aromatic heterocycles. The molecule has 0 N–H and O–H groups in total. The minimum atomic E-state index is -3.18. The summed E-state index contributed by atoms with van der Waals surface area (Å²) in [4.78, 5) is 0.261. The first-order valence-electron chi connectivity index (χ1n) is 4.15. The number of sulfone groups is 1. The number of benzene rings is 1. The van der Waals surface area contributed by atoms with E-state index in [0.717, 1.165) is 11.8 Å². The second-order valence-corrected chi connectivity index (χ2v) is 5.21. The average molecular weight is 209 g/mol. The Bertz CT molecular complexity index is 471. The summed E-state index contributed by atoms with van der Waals surface area (Å²) in [6.07, 6.45) is 1.16. The summed E-state index contributed by atoms with van der Waals surface area (Å²) in [5.41, 5.74) is 0.732. The normalized spacial score (nSPS) is 13.2. The van der Waals surface area contributed by atoms with Crippen molar-refractivity contribution in [3.63, 3.8) is 0 Å². The number of nitrogens with zero attached hydrogens (tertiary/aromatic N) is 1. The molecule has 0 aliphatic heterocycles. The number of rotatable bonds is 2. The van der Waals surface area contributed by atoms with Gasteiger partial charge in [-0.05, 0) is 24.6 Å². The Hall–Kier alpha value is -1.34. The Labute approximate surface area is 83.9 Å². The van der Waals surface area contributed by atoms with Crippen molar-refractivity contribution in [1.82, 2.24) is 0 Å². The zero-order chi connectivity index (χ0) is 10.8. The number of nitriles is 1.